The van der Waals surface area contributed by atoms with E-state index in [1.54, 1.807) is 7.11 Å². The van der Waals surface area contributed by atoms with Gasteiger partial charge >= 0.3 is 0 Å². The molecule has 4 nitrogen and oxygen atoms in total. The highest BCUT2D eigenvalue weighted by molar-refractivity contribution is 5.41. The lowest BCUT2D eigenvalue weighted by Crippen LogP contribution is -2.15. The summed E-state index contributed by atoms with van der Waals surface area (Å²) >= 11 is 0. The molecule has 2 aromatic carbocycles. The summed E-state index contributed by atoms with van der Waals surface area (Å²) < 4.78 is 7.30. The van der Waals surface area contributed by atoms with Crippen LogP contribution in [0.1, 0.15) is 16.8 Å². The minimum Gasteiger partial charge on any atom is -0.497 e. The van der Waals surface area contributed by atoms with Gasteiger partial charge in [-0.2, -0.15) is 5.26 Å². The molecule has 0 bridgehead atoms. The van der Waals surface area contributed by atoms with Gasteiger partial charge in [-0.3, -0.25) is 0 Å². The Morgan fingerprint density at radius 1 is 1.00 bits per heavy atom. The minimum atomic E-state index is 0.671. The van der Waals surface area contributed by atoms with Crippen molar-refractivity contribution in [3.05, 3.63) is 83.7 Å². The van der Waals surface area contributed by atoms with Crippen LogP contribution in [0, 0.1) is 11.3 Å². The van der Waals surface area contributed by atoms with Gasteiger partial charge in [0.15, 0.2) is 0 Å². The molecule has 1 N–H and O–H groups in total. The van der Waals surface area contributed by atoms with Crippen LogP contribution < -0.4 is 10.1 Å². The van der Waals surface area contributed by atoms with Gasteiger partial charge in [0.05, 0.1) is 18.7 Å². The highest BCUT2D eigenvalue weighted by Gasteiger charge is 2.03. The second kappa shape index (κ2) is 7.49. The van der Waals surface area contributed by atoms with Crippen molar-refractivity contribution in [3.63, 3.8) is 0 Å². The first kappa shape index (κ1) is 15.9. The molecule has 120 valence electrons. The Morgan fingerprint density at radius 2 is 1.75 bits per heavy atom. The lowest BCUT2D eigenvalue weighted by molar-refractivity contribution is 0.414. The van der Waals surface area contributed by atoms with Crippen molar-refractivity contribution in [2.45, 2.75) is 13.1 Å². The molecule has 0 fully saturated rings. The van der Waals surface area contributed by atoms with Gasteiger partial charge in [-0.05, 0) is 54.1 Å². The third-order valence-corrected chi connectivity index (χ3v) is 3.90. The van der Waals surface area contributed by atoms with E-state index in [2.05, 4.69) is 34.2 Å². The van der Waals surface area contributed by atoms with Crippen LogP contribution in [-0.2, 0) is 13.1 Å². The Kier molecular flexibility index (Phi) is 4.95. The van der Waals surface area contributed by atoms with Crippen molar-refractivity contribution < 1.29 is 4.74 Å². The lowest BCUT2D eigenvalue weighted by atomic mass is 10.2. The second-order valence-electron chi connectivity index (χ2n) is 5.48. The van der Waals surface area contributed by atoms with Crippen LogP contribution in [0.25, 0.3) is 5.69 Å². The van der Waals surface area contributed by atoms with E-state index in [0.29, 0.717) is 5.56 Å². The van der Waals surface area contributed by atoms with Crippen molar-refractivity contribution in [2.75, 3.05) is 7.11 Å². The van der Waals surface area contributed by atoms with Crippen LogP contribution in [0.3, 0.4) is 0 Å². The van der Waals surface area contributed by atoms with E-state index >= 15 is 0 Å². The van der Waals surface area contributed by atoms with Crippen molar-refractivity contribution in [3.8, 4) is 17.5 Å². The predicted octanol–water partition coefficient (Wildman–Crippen LogP) is 3.65. The first-order chi connectivity index (χ1) is 11.8. The van der Waals surface area contributed by atoms with Gasteiger partial charge in [0, 0.05) is 30.7 Å². The van der Waals surface area contributed by atoms with Gasteiger partial charge < -0.3 is 14.6 Å². The molecule has 4 heteroatoms. The van der Waals surface area contributed by atoms with Crippen molar-refractivity contribution in [2.24, 2.45) is 0 Å². The Bertz CT molecular complexity index is 827. The van der Waals surface area contributed by atoms with Crippen molar-refractivity contribution >= 4 is 0 Å². The number of ether oxygens (including phenoxy) is 1. The summed E-state index contributed by atoms with van der Waals surface area (Å²) in [5, 5.41) is 12.4. The number of rotatable bonds is 6. The molecule has 3 aromatic rings. The maximum Gasteiger partial charge on any atom is 0.118 e. The maximum absolute atomic E-state index is 8.90. The molecule has 3 rings (SSSR count). The van der Waals surface area contributed by atoms with E-state index in [9.17, 15) is 0 Å². The fourth-order valence-corrected chi connectivity index (χ4v) is 2.59. The van der Waals surface area contributed by atoms with Gasteiger partial charge in [0.1, 0.15) is 5.75 Å². The summed E-state index contributed by atoms with van der Waals surface area (Å²) in [5.74, 6) is 0.869. The molecule has 0 aliphatic heterocycles. The SMILES string of the molecule is COc1ccc(CNCc2cccn2-c2ccc(C#N)cc2)cc1. The highest BCUT2D eigenvalue weighted by atomic mass is 16.5. The highest BCUT2D eigenvalue weighted by Crippen LogP contribution is 2.14. The fraction of sp³-hybridized carbons (Fsp3) is 0.150. The number of benzene rings is 2. The molecule has 0 aliphatic carbocycles. The predicted molar refractivity (Wildman–Crippen MR) is 94.0 cm³/mol. The van der Waals surface area contributed by atoms with Gasteiger partial charge in [-0.25, -0.2) is 0 Å². The van der Waals surface area contributed by atoms with Crippen LogP contribution in [0.5, 0.6) is 5.75 Å². The first-order valence-electron chi connectivity index (χ1n) is 7.80. The lowest BCUT2D eigenvalue weighted by Gasteiger charge is -2.11. The Hall–Kier alpha value is -3.03. The third-order valence-electron chi connectivity index (χ3n) is 3.90. The summed E-state index contributed by atoms with van der Waals surface area (Å²) in [4.78, 5) is 0. The van der Waals surface area contributed by atoms with Gasteiger partial charge in [0.2, 0.25) is 0 Å². The van der Waals surface area contributed by atoms with Crippen LogP contribution in [0.4, 0.5) is 0 Å². The number of nitrogens with zero attached hydrogens (tertiary/aromatic N) is 2. The van der Waals surface area contributed by atoms with Crippen molar-refractivity contribution in [1.82, 2.24) is 9.88 Å². The van der Waals surface area contributed by atoms with Crippen LogP contribution in [0.2, 0.25) is 0 Å². The monoisotopic (exact) mass is 317 g/mol. The molecule has 0 aliphatic rings. The van der Waals surface area contributed by atoms with Gasteiger partial charge in [0.25, 0.3) is 0 Å². The zero-order valence-electron chi connectivity index (χ0n) is 13.6. The van der Waals surface area contributed by atoms with Gasteiger partial charge in [-0.15, -0.1) is 0 Å². The minimum absolute atomic E-state index is 0.671. The zero-order valence-corrected chi connectivity index (χ0v) is 13.6. The number of aromatic nitrogens is 1. The summed E-state index contributed by atoms with van der Waals surface area (Å²) in [6.45, 7) is 1.56. The molecule has 0 saturated carbocycles. The van der Waals surface area contributed by atoms with E-state index in [-0.39, 0.29) is 0 Å². The molecule has 0 radical (unpaired) electrons. The van der Waals surface area contributed by atoms with Gasteiger partial charge in [-0.1, -0.05) is 12.1 Å². The standard InChI is InChI=1S/C20H19N3O/c1-24-20-10-6-17(7-11-20)14-22-15-19-3-2-12-23(19)18-8-4-16(13-21)5-9-18/h2-12,22H,14-15H2,1H3. The number of methoxy groups -OCH3 is 1. The topological polar surface area (TPSA) is 50.0 Å². The molecule has 0 saturated heterocycles. The summed E-state index contributed by atoms with van der Waals surface area (Å²) in [5.41, 5.74) is 4.12. The van der Waals surface area contributed by atoms with Crippen LogP contribution >= 0.6 is 0 Å². The number of hydrogen-bond donors (Lipinski definition) is 1. The number of hydrogen-bond acceptors (Lipinski definition) is 3. The Labute approximate surface area is 141 Å². The summed E-state index contributed by atoms with van der Waals surface area (Å²) in [6.07, 6.45) is 2.03. The average molecular weight is 317 g/mol. The second-order valence-corrected chi connectivity index (χ2v) is 5.48. The smallest absolute Gasteiger partial charge is 0.118 e. The molecular weight excluding hydrogens is 298 g/mol. The molecule has 0 spiro atoms. The molecule has 24 heavy (non-hydrogen) atoms. The number of nitriles is 1. The Morgan fingerprint density at radius 3 is 2.42 bits per heavy atom. The quantitative estimate of drug-likeness (QED) is 0.755. The van der Waals surface area contributed by atoms with E-state index in [1.807, 2.05) is 48.7 Å². The Balaban J connectivity index is 1.63. The molecule has 1 heterocycles. The maximum atomic E-state index is 8.90. The van der Waals surface area contributed by atoms with Crippen LogP contribution in [0.15, 0.2) is 66.9 Å². The number of nitrogens with one attached hydrogen (secondary N) is 1. The molecular formula is C20H19N3O. The molecule has 0 unspecified atom stereocenters. The van der Waals surface area contributed by atoms with Crippen LogP contribution in [-0.4, -0.2) is 11.7 Å². The zero-order chi connectivity index (χ0) is 16.8. The summed E-state index contributed by atoms with van der Waals surface area (Å²) in [6, 6.07) is 21.9. The molecule has 1 aromatic heterocycles. The average Bonchev–Trinajstić information content (AvgIpc) is 3.11. The van der Waals surface area contributed by atoms with E-state index in [0.717, 1.165) is 24.5 Å². The molecule has 0 amide bonds. The fourth-order valence-electron chi connectivity index (χ4n) is 2.59. The van der Waals surface area contributed by atoms with Crippen molar-refractivity contribution in [1.29, 1.82) is 5.26 Å². The largest absolute Gasteiger partial charge is 0.497 e. The van der Waals surface area contributed by atoms with E-state index < -0.39 is 0 Å². The molecule has 0 atom stereocenters. The normalized spacial score (nSPS) is 10.3. The first-order valence-corrected chi connectivity index (χ1v) is 7.80. The van der Waals surface area contributed by atoms with E-state index in [1.165, 1.54) is 11.3 Å². The third kappa shape index (κ3) is 3.65. The summed E-state index contributed by atoms with van der Waals surface area (Å²) in [7, 11) is 1.67. The van der Waals surface area contributed by atoms with E-state index in [4.69, 9.17) is 10.00 Å².